The van der Waals surface area contributed by atoms with Crippen LogP contribution >= 0.6 is 7.60 Å². The number of rotatable bonds is 9. The normalized spacial score (nSPS) is 14.4. The summed E-state index contributed by atoms with van der Waals surface area (Å²) in [6.45, 7) is 4.93. The summed E-state index contributed by atoms with van der Waals surface area (Å²) in [5.74, 6) is 0.698. The third-order valence-electron chi connectivity index (χ3n) is 3.99. The molecule has 26 heavy (non-hydrogen) atoms. The van der Waals surface area contributed by atoms with Crippen LogP contribution in [0.15, 0.2) is 48.5 Å². The molecular formula is C19H24NO5P. The van der Waals surface area contributed by atoms with Crippen molar-refractivity contribution in [2.45, 2.75) is 26.2 Å². The second-order valence-corrected chi connectivity index (χ2v) is 7.87. The van der Waals surface area contributed by atoms with Crippen LogP contribution in [0, 0.1) is 0 Å². The van der Waals surface area contributed by atoms with Crippen LogP contribution in [0.3, 0.4) is 0 Å². The van der Waals surface area contributed by atoms with Crippen LogP contribution < -0.4 is 14.8 Å². The molecule has 7 heteroatoms. The van der Waals surface area contributed by atoms with Gasteiger partial charge in [-0.05, 0) is 37.1 Å². The van der Waals surface area contributed by atoms with Gasteiger partial charge < -0.3 is 18.5 Å². The highest BCUT2D eigenvalue weighted by Crippen LogP contribution is 2.60. The molecule has 6 nitrogen and oxygen atoms in total. The molecule has 0 bridgehead atoms. The molecule has 0 aliphatic carbocycles. The first-order valence-electron chi connectivity index (χ1n) is 8.72. The quantitative estimate of drug-likeness (QED) is 0.651. The molecule has 1 aliphatic heterocycles. The SMILES string of the molecule is CCOP(=O)(OCC)C(NCc1ccccc1)c1ccc2c(c1)OCO2. The monoisotopic (exact) mass is 377 g/mol. The second kappa shape index (κ2) is 8.69. The zero-order chi connectivity index (χ0) is 18.4. The number of ether oxygens (including phenoxy) is 2. The molecule has 0 aromatic heterocycles. The molecule has 2 aromatic carbocycles. The first kappa shape index (κ1) is 18.9. The summed E-state index contributed by atoms with van der Waals surface area (Å²) < 4.78 is 35.5. The van der Waals surface area contributed by atoms with Gasteiger partial charge in [-0.25, -0.2) is 0 Å². The Bertz CT molecular complexity index is 758. The lowest BCUT2D eigenvalue weighted by Crippen LogP contribution is -2.23. The lowest BCUT2D eigenvalue weighted by molar-refractivity contribution is 0.174. The van der Waals surface area contributed by atoms with E-state index < -0.39 is 13.4 Å². The Morgan fingerprint density at radius 1 is 1.04 bits per heavy atom. The van der Waals surface area contributed by atoms with E-state index in [0.29, 0.717) is 31.3 Å². The maximum absolute atomic E-state index is 13.5. The molecule has 1 heterocycles. The van der Waals surface area contributed by atoms with E-state index in [1.165, 1.54) is 0 Å². The van der Waals surface area contributed by atoms with Crippen LogP contribution in [-0.4, -0.2) is 20.0 Å². The number of benzene rings is 2. The van der Waals surface area contributed by atoms with Crippen LogP contribution in [0.25, 0.3) is 0 Å². The fraction of sp³-hybridized carbons (Fsp3) is 0.368. The summed E-state index contributed by atoms with van der Waals surface area (Å²) in [5.41, 5.74) is 1.85. The first-order valence-corrected chi connectivity index (χ1v) is 10.3. The van der Waals surface area contributed by atoms with Crippen molar-refractivity contribution < 1.29 is 23.1 Å². The van der Waals surface area contributed by atoms with Crippen molar-refractivity contribution in [3.8, 4) is 11.5 Å². The molecule has 140 valence electrons. The summed E-state index contributed by atoms with van der Waals surface area (Å²) >= 11 is 0. The summed E-state index contributed by atoms with van der Waals surface area (Å²) in [6.07, 6.45) is 0. The van der Waals surface area contributed by atoms with Crippen molar-refractivity contribution in [3.05, 3.63) is 59.7 Å². The molecule has 1 aliphatic rings. The number of hydrogen-bond acceptors (Lipinski definition) is 6. The molecular weight excluding hydrogens is 353 g/mol. The van der Waals surface area contributed by atoms with Crippen LogP contribution in [0.4, 0.5) is 0 Å². The van der Waals surface area contributed by atoms with E-state index in [1.54, 1.807) is 13.8 Å². The topological polar surface area (TPSA) is 66.0 Å². The fourth-order valence-corrected chi connectivity index (χ4v) is 4.79. The zero-order valence-electron chi connectivity index (χ0n) is 15.0. The highest BCUT2D eigenvalue weighted by molar-refractivity contribution is 7.54. The largest absolute Gasteiger partial charge is 0.454 e. The van der Waals surface area contributed by atoms with E-state index in [9.17, 15) is 4.57 Å². The van der Waals surface area contributed by atoms with Gasteiger partial charge in [-0.1, -0.05) is 36.4 Å². The minimum atomic E-state index is -3.42. The van der Waals surface area contributed by atoms with Gasteiger partial charge in [0.05, 0.1) is 13.2 Å². The molecule has 0 saturated carbocycles. The molecule has 0 radical (unpaired) electrons. The van der Waals surface area contributed by atoms with Crippen molar-refractivity contribution in [2.75, 3.05) is 20.0 Å². The van der Waals surface area contributed by atoms with Gasteiger partial charge in [-0.15, -0.1) is 0 Å². The summed E-state index contributed by atoms with van der Waals surface area (Å²) in [4.78, 5) is 0. The Kier molecular flexibility index (Phi) is 6.33. The maximum atomic E-state index is 13.5. The smallest absolute Gasteiger partial charge is 0.351 e. The van der Waals surface area contributed by atoms with Gasteiger partial charge in [-0.3, -0.25) is 9.88 Å². The predicted octanol–water partition coefficient (Wildman–Crippen LogP) is 4.47. The highest BCUT2D eigenvalue weighted by atomic mass is 31.2. The van der Waals surface area contributed by atoms with Crippen LogP contribution in [0.5, 0.6) is 11.5 Å². The van der Waals surface area contributed by atoms with Gasteiger partial charge in [0.15, 0.2) is 11.5 Å². The van der Waals surface area contributed by atoms with Gasteiger partial charge in [0.1, 0.15) is 5.78 Å². The Morgan fingerprint density at radius 3 is 2.42 bits per heavy atom. The molecule has 1 unspecified atom stereocenters. The van der Waals surface area contributed by atoms with E-state index in [-0.39, 0.29) is 6.79 Å². The highest BCUT2D eigenvalue weighted by Gasteiger charge is 2.37. The number of fused-ring (bicyclic) bond motifs is 1. The Hall–Kier alpha value is -1.85. The molecule has 0 spiro atoms. The first-order chi connectivity index (χ1) is 12.7. The average Bonchev–Trinajstić information content (AvgIpc) is 3.11. The van der Waals surface area contributed by atoms with Crippen molar-refractivity contribution in [3.63, 3.8) is 0 Å². The minimum absolute atomic E-state index is 0.190. The van der Waals surface area contributed by atoms with Crippen molar-refractivity contribution in [1.82, 2.24) is 5.32 Å². The fourth-order valence-electron chi connectivity index (χ4n) is 2.85. The minimum Gasteiger partial charge on any atom is -0.454 e. The third-order valence-corrected chi connectivity index (χ3v) is 6.34. The maximum Gasteiger partial charge on any atom is 0.351 e. The third kappa shape index (κ3) is 4.27. The van der Waals surface area contributed by atoms with Gasteiger partial charge in [0, 0.05) is 6.54 Å². The molecule has 1 N–H and O–H groups in total. The second-order valence-electron chi connectivity index (χ2n) is 5.76. The van der Waals surface area contributed by atoms with Crippen LogP contribution in [0.2, 0.25) is 0 Å². The van der Waals surface area contributed by atoms with Gasteiger partial charge >= 0.3 is 7.60 Å². The Labute approximate surface area is 154 Å². The Morgan fingerprint density at radius 2 is 1.73 bits per heavy atom. The van der Waals surface area contributed by atoms with E-state index >= 15 is 0 Å². The van der Waals surface area contributed by atoms with Crippen molar-refractivity contribution >= 4 is 7.60 Å². The average molecular weight is 377 g/mol. The van der Waals surface area contributed by atoms with Crippen LogP contribution in [-0.2, 0) is 20.2 Å². The van der Waals surface area contributed by atoms with Gasteiger partial charge in [-0.2, -0.15) is 0 Å². The lowest BCUT2D eigenvalue weighted by Gasteiger charge is -2.27. The van der Waals surface area contributed by atoms with E-state index in [0.717, 1.165) is 11.1 Å². The van der Waals surface area contributed by atoms with E-state index in [2.05, 4.69) is 5.32 Å². The lowest BCUT2D eigenvalue weighted by atomic mass is 10.2. The number of nitrogens with one attached hydrogen (secondary N) is 1. The summed E-state index contributed by atoms with van der Waals surface area (Å²) in [7, 11) is -3.42. The van der Waals surface area contributed by atoms with E-state index in [1.807, 2.05) is 48.5 Å². The predicted molar refractivity (Wildman–Crippen MR) is 99.4 cm³/mol. The molecule has 2 aromatic rings. The molecule has 0 fully saturated rings. The van der Waals surface area contributed by atoms with E-state index in [4.69, 9.17) is 18.5 Å². The van der Waals surface area contributed by atoms with Gasteiger partial charge in [0.2, 0.25) is 6.79 Å². The van der Waals surface area contributed by atoms with Crippen molar-refractivity contribution in [2.24, 2.45) is 0 Å². The Balaban J connectivity index is 1.91. The summed E-state index contributed by atoms with van der Waals surface area (Å²) in [6, 6.07) is 15.4. The molecule has 3 rings (SSSR count). The molecule has 0 amide bonds. The molecule has 0 saturated heterocycles. The summed E-state index contributed by atoms with van der Waals surface area (Å²) in [5, 5.41) is 3.34. The number of hydrogen-bond donors (Lipinski definition) is 1. The van der Waals surface area contributed by atoms with Crippen molar-refractivity contribution in [1.29, 1.82) is 0 Å². The molecule has 1 atom stereocenters. The van der Waals surface area contributed by atoms with Crippen LogP contribution in [0.1, 0.15) is 30.8 Å². The zero-order valence-corrected chi connectivity index (χ0v) is 15.9. The van der Waals surface area contributed by atoms with Gasteiger partial charge in [0.25, 0.3) is 0 Å². The standard InChI is InChI=1S/C19H24NO5P/c1-3-24-26(21,25-4-2)19(20-13-15-8-6-5-7-9-15)16-10-11-17-18(12-16)23-14-22-17/h5-12,19-20H,3-4,13-14H2,1-2H3.